The normalized spacial score (nSPS) is 32.7. The molecule has 2 aliphatic carbocycles. The fraction of sp³-hybridized carbons (Fsp3) is 0.600. The zero-order valence-corrected chi connectivity index (χ0v) is 14.5. The van der Waals surface area contributed by atoms with Crippen molar-refractivity contribution in [3.63, 3.8) is 0 Å². The summed E-state index contributed by atoms with van der Waals surface area (Å²) < 4.78 is 20.8. The van der Waals surface area contributed by atoms with Gasteiger partial charge >= 0.3 is 5.97 Å². The van der Waals surface area contributed by atoms with E-state index in [-0.39, 0.29) is 18.4 Å². The predicted molar refractivity (Wildman–Crippen MR) is 89.5 cm³/mol. The summed E-state index contributed by atoms with van der Waals surface area (Å²) in [6.45, 7) is 6.33. The number of esters is 1. The summed E-state index contributed by atoms with van der Waals surface area (Å²) in [6, 6.07) is 6.71. The predicted octanol–water partition coefficient (Wildman–Crippen LogP) is 4.14. The average Bonchev–Trinajstić information content (AvgIpc) is 2.80. The first-order chi connectivity index (χ1) is 11.3. The van der Waals surface area contributed by atoms with Crippen LogP contribution in [-0.4, -0.2) is 23.5 Å². The number of alkyl halides is 1. The van der Waals surface area contributed by atoms with Crippen molar-refractivity contribution >= 4 is 11.8 Å². The molecule has 0 aliphatic heterocycles. The van der Waals surface area contributed by atoms with Crippen LogP contribution in [0.2, 0.25) is 0 Å². The molecule has 130 valence electrons. The molecule has 0 spiro atoms. The first-order valence-electron chi connectivity index (χ1n) is 8.85. The second-order valence-corrected chi connectivity index (χ2v) is 7.73. The Labute approximate surface area is 142 Å². The van der Waals surface area contributed by atoms with Crippen LogP contribution in [0.15, 0.2) is 24.3 Å². The van der Waals surface area contributed by atoms with E-state index in [1.165, 1.54) is 0 Å². The summed E-state index contributed by atoms with van der Waals surface area (Å²) >= 11 is 0. The van der Waals surface area contributed by atoms with Crippen LogP contribution in [0.4, 0.5) is 4.39 Å². The van der Waals surface area contributed by atoms with Crippen LogP contribution in [0.5, 0.6) is 0 Å². The first-order valence-corrected chi connectivity index (χ1v) is 8.85. The van der Waals surface area contributed by atoms with E-state index in [0.717, 1.165) is 19.3 Å². The van der Waals surface area contributed by atoms with Crippen molar-refractivity contribution in [2.24, 2.45) is 17.8 Å². The molecule has 1 aromatic rings. The Hall–Kier alpha value is -1.71. The lowest BCUT2D eigenvalue weighted by atomic mass is 9.75. The van der Waals surface area contributed by atoms with Crippen molar-refractivity contribution < 1.29 is 18.7 Å². The molecule has 4 heteroatoms. The second-order valence-electron chi connectivity index (χ2n) is 7.73. The van der Waals surface area contributed by atoms with E-state index < -0.39 is 17.4 Å². The van der Waals surface area contributed by atoms with Crippen molar-refractivity contribution in [1.82, 2.24) is 0 Å². The van der Waals surface area contributed by atoms with Gasteiger partial charge in [-0.1, -0.05) is 51.5 Å². The zero-order valence-electron chi connectivity index (χ0n) is 14.5. The summed E-state index contributed by atoms with van der Waals surface area (Å²) in [5.41, 5.74) is -1.68. The minimum atomic E-state index is -2.56. The number of ketones is 1. The standard InChI is InChI=1S/C20H25FO3/c1-12(2)15-9-8-13(3)10-17(15)24-19(23)20(21)11-14-6-4-5-7-16(14)18(20)22/h4-7,12-13,15,17H,8-11H2,1-3H3/t13-,15+,17-,20?/m0/s1. The maximum atomic E-state index is 15.2. The Morgan fingerprint density at radius 1 is 1.29 bits per heavy atom. The number of carbonyl (C=O) groups excluding carboxylic acids is 2. The summed E-state index contributed by atoms with van der Waals surface area (Å²) in [5.74, 6) is -0.721. The molecule has 4 atom stereocenters. The van der Waals surface area contributed by atoms with Crippen molar-refractivity contribution in [1.29, 1.82) is 0 Å². The first kappa shape index (κ1) is 17.1. The average molecular weight is 332 g/mol. The molecule has 0 amide bonds. The van der Waals surface area contributed by atoms with Crippen LogP contribution in [0.25, 0.3) is 0 Å². The Bertz CT molecular complexity index is 654. The molecule has 0 aromatic heterocycles. The van der Waals surface area contributed by atoms with Crippen LogP contribution in [0, 0.1) is 17.8 Å². The third-order valence-electron chi connectivity index (χ3n) is 5.60. The van der Waals surface area contributed by atoms with Gasteiger partial charge < -0.3 is 4.74 Å². The highest BCUT2D eigenvalue weighted by Crippen LogP contribution is 2.39. The number of fused-ring (bicyclic) bond motifs is 1. The van der Waals surface area contributed by atoms with Crippen molar-refractivity contribution in [3.8, 4) is 0 Å². The molecular formula is C20H25FO3. The van der Waals surface area contributed by atoms with Gasteiger partial charge in [-0.2, -0.15) is 0 Å². The van der Waals surface area contributed by atoms with Gasteiger partial charge in [0.05, 0.1) is 0 Å². The van der Waals surface area contributed by atoms with Crippen molar-refractivity contribution in [2.45, 2.75) is 58.2 Å². The van der Waals surface area contributed by atoms with E-state index >= 15 is 4.39 Å². The minimum Gasteiger partial charge on any atom is -0.459 e. The van der Waals surface area contributed by atoms with Gasteiger partial charge in [0.25, 0.3) is 5.67 Å². The van der Waals surface area contributed by atoms with E-state index in [1.54, 1.807) is 24.3 Å². The van der Waals surface area contributed by atoms with Gasteiger partial charge in [-0.05, 0) is 36.2 Å². The quantitative estimate of drug-likeness (QED) is 0.617. The van der Waals surface area contributed by atoms with Gasteiger partial charge in [0.1, 0.15) is 6.10 Å². The van der Waals surface area contributed by atoms with Crippen molar-refractivity contribution in [2.75, 3.05) is 0 Å². The fourth-order valence-electron chi connectivity index (χ4n) is 4.10. The van der Waals surface area contributed by atoms with Gasteiger partial charge in [0.15, 0.2) is 0 Å². The smallest absolute Gasteiger partial charge is 0.352 e. The van der Waals surface area contributed by atoms with E-state index in [9.17, 15) is 9.59 Å². The Morgan fingerprint density at radius 2 is 2.00 bits per heavy atom. The van der Waals surface area contributed by atoms with Gasteiger partial charge in [-0.3, -0.25) is 4.79 Å². The summed E-state index contributed by atoms with van der Waals surface area (Å²) in [7, 11) is 0. The molecule has 2 aliphatic rings. The lowest BCUT2D eigenvalue weighted by Crippen LogP contribution is -2.46. The highest BCUT2D eigenvalue weighted by Gasteiger charge is 2.54. The number of ether oxygens (including phenoxy) is 1. The maximum Gasteiger partial charge on any atom is 0.352 e. The Balaban J connectivity index is 1.78. The molecule has 24 heavy (non-hydrogen) atoms. The number of hydrogen-bond acceptors (Lipinski definition) is 3. The van der Waals surface area contributed by atoms with Crippen LogP contribution in [0.3, 0.4) is 0 Å². The van der Waals surface area contributed by atoms with Gasteiger partial charge in [0, 0.05) is 12.0 Å². The summed E-state index contributed by atoms with van der Waals surface area (Å²) in [6.07, 6.45) is 2.30. The summed E-state index contributed by atoms with van der Waals surface area (Å²) in [5, 5.41) is 0. The molecule has 3 nitrogen and oxygen atoms in total. The van der Waals surface area contributed by atoms with Gasteiger partial charge in [0.2, 0.25) is 5.78 Å². The number of rotatable bonds is 3. The highest BCUT2D eigenvalue weighted by atomic mass is 19.1. The molecular weight excluding hydrogens is 307 g/mol. The monoisotopic (exact) mass is 332 g/mol. The lowest BCUT2D eigenvalue weighted by molar-refractivity contribution is -0.166. The van der Waals surface area contributed by atoms with Crippen LogP contribution >= 0.6 is 0 Å². The largest absolute Gasteiger partial charge is 0.459 e. The van der Waals surface area contributed by atoms with Gasteiger partial charge in [-0.25, -0.2) is 9.18 Å². The SMILES string of the molecule is CC(C)[C@H]1CC[C@H](C)C[C@@H]1OC(=O)C1(F)Cc2ccccc2C1=O. The van der Waals surface area contributed by atoms with Crippen LogP contribution in [0.1, 0.15) is 56.0 Å². The molecule has 0 N–H and O–H groups in total. The molecule has 3 rings (SSSR count). The van der Waals surface area contributed by atoms with E-state index in [1.807, 2.05) is 0 Å². The maximum absolute atomic E-state index is 15.2. The van der Waals surface area contributed by atoms with Crippen LogP contribution < -0.4 is 0 Å². The molecule has 0 heterocycles. The topological polar surface area (TPSA) is 43.4 Å². The minimum absolute atomic E-state index is 0.213. The molecule has 0 radical (unpaired) electrons. The fourth-order valence-corrected chi connectivity index (χ4v) is 4.10. The van der Waals surface area contributed by atoms with Crippen LogP contribution in [-0.2, 0) is 16.0 Å². The third kappa shape index (κ3) is 2.87. The Morgan fingerprint density at radius 3 is 2.67 bits per heavy atom. The Kier molecular flexibility index (Phi) is 4.50. The number of halogens is 1. The second kappa shape index (κ2) is 6.30. The number of benzene rings is 1. The number of hydrogen-bond donors (Lipinski definition) is 0. The zero-order chi connectivity index (χ0) is 17.5. The van der Waals surface area contributed by atoms with E-state index in [2.05, 4.69) is 20.8 Å². The summed E-state index contributed by atoms with van der Waals surface area (Å²) in [4.78, 5) is 25.0. The molecule has 1 saturated carbocycles. The van der Waals surface area contributed by atoms with Gasteiger partial charge in [-0.15, -0.1) is 0 Å². The molecule has 0 bridgehead atoms. The molecule has 1 fully saturated rings. The van der Waals surface area contributed by atoms with E-state index in [4.69, 9.17) is 4.74 Å². The number of carbonyl (C=O) groups is 2. The molecule has 1 unspecified atom stereocenters. The molecule has 0 saturated heterocycles. The lowest BCUT2D eigenvalue weighted by Gasteiger charge is -2.37. The number of Topliss-reactive ketones (excluding diaryl/α,β-unsaturated/α-hetero) is 1. The van der Waals surface area contributed by atoms with Crippen molar-refractivity contribution in [3.05, 3.63) is 35.4 Å². The highest BCUT2D eigenvalue weighted by molar-refractivity contribution is 6.18. The third-order valence-corrected chi connectivity index (χ3v) is 5.60. The van der Waals surface area contributed by atoms with E-state index in [0.29, 0.717) is 23.0 Å². The molecule has 1 aromatic carbocycles.